The number of oxazole rings is 1. The first kappa shape index (κ1) is 25.5. The van der Waals surface area contributed by atoms with Crippen LogP contribution in [0.5, 0.6) is 0 Å². The normalized spacial score (nSPS) is 26.5. The molecule has 11 nitrogen and oxygen atoms in total. The second-order valence-electron chi connectivity index (χ2n) is 10.5. The molecule has 202 valence electrons. The highest BCUT2D eigenvalue weighted by molar-refractivity contribution is 7.89. The minimum Gasteiger partial charge on any atom is -0.436 e. The van der Waals surface area contributed by atoms with Crippen molar-refractivity contribution < 1.29 is 22.4 Å². The van der Waals surface area contributed by atoms with E-state index >= 15 is 0 Å². The molecule has 3 atom stereocenters. The van der Waals surface area contributed by atoms with Gasteiger partial charge in [-0.1, -0.05) is 11.6 Å². The molecule has 4 heterocycles. The lowest BCUT2D eigenvalue weighted by atomic mass is 9.85. The number of nitrogens with zero attached hydrogens (tertiary/aromatic N) is 3. The number of aromatic amines is 1. The van der Waals surface area contributed by atoms with E-state index in [1.165, 1.54) is 11.0 Å². The number of benzene rings is 1. The van der Waals surface area contributed by atoms with Crippen molar-refractivity contribution in [3.05, 3.63) is 46.6 Å². The summed E-state index contributed by atoms with van der Waals surface area (Å²) in [6, 6.07) is 6.71. The van der Waals surface area contributed by atoms with Crippen molar-refractivity contribution in [2.75, 3.05) is 13.1 Å². The molecule has 3 aromatic rings. The maximum Gasteiger partial charge on any atom is 0.310 e. The molecule has 13 heteroatoms. The number of halogens is 1. The quantitative estimate of drug-likeness (QED) is 0.428. The summed E-state index contributed by atoms with van der Waals surface area (Å²) in [4.78, 5) is 36.1. The van der Waals surface area contributed by atoms with E-state index in [-0.39, 0.29) is 41.7 Å². The molecular formula is C25H29ClN6O5S. The zero-order valence-corrected chi connectivity index (χ0v) is 22.6. The molecule has 4 N–H and O–H groups in total. The van der Waals surface area contributed by atoms with Crippen LogP contribution in [0.3, 0.4) is 0 Å². The molecule has 3 unspecified atom stereocenters. The average molecular weight is 561 g/mol. The van der Waals surface area contributed by atoms with Crippen LogP contribution in [0.1, 0.15) is 48.8 Å². The summed E-state index contributed by atoms with van der Waals surface area (Å²) in [7, 11) is -4.15. The van der Waals surface area contributed by atoms with E-state index in [0.29, 0.717) is 53.2 Å². The van der Waals surface area contributed by atoms with Gasteiger partial charge in [0.1, 0.15) is 22.5 Å². The summed E-state index contributed by atoms with van der Waals surface area (Å²) in [6.07, 6.45) is 0.649. The van der Waals surface area contributed by atoms with Crippen molar-refractivity contribution in [3.8, 4) is 0 Å². The number of H-pyrrole nitrogens is 1. The Labute approximate surface area is 224 Å². The molecule has 0 radical (unpaired) electrons. The van der Waals surface area contributed by atoms with E-state index in [9.17, 15) is 18.0 Å². The fourth-order valence-corrected chi connectivity index (χ4v) is 7.26. The molecule has 1 saturated carbocycles. The van der Waals surface area contributed by atoms with Gasteiger partial charge < -0.3 is 25.4 Å². The molecule has 0 bridgehead atoms. The smallest absolute Gasteiger partial charge is 0.310 e. The van der Waals surface area contributed by atoms with Crippen molar-refractivity contribution in [2.24, 2.45) is 11.7 Å². The van der Waals surface area contributed by atoms with Crippen LogP contribution in [-0.2, 0) is 27.8 Å². The van der Waals surface area contributed by atoms with Crippen LogP contribution in [0.25, 0.3) is 10.9 Å². The van der Waals surface area contributed by atoms with Crippen LogP contribution in [0.15, 0.2) is 33.7 Å². The fourth-order valence-electron chi connectivity index (χ4n) is 5.49. The maximum atomic E-state index is 13.8. The summed E-state index contributed by atoms with van der Waals surface area (Å²) in [6.45, 7) is 3.88. The van der Waals surface area contributed by atoms with Crippen molar-refractivity contribution >= 4 is 44.2 Å². The monoisotopic (exact) mass is 560 g/mol. The predicted octanol–water partition coefficient (Wildman–Crippen LogP) is 2.01. The van der Waals surface area contributed by atoms with Gasteiger partial charge in [-0.05, 0) is 51.0 Å². The molecule has 3 aliphatic rings. The maximum absolute atomic E-state index is 13.8. The van der Waals surface area contributed by atoms with Crippen molar-refractivity contribution in [3.63, 3.8) is 0 Å². The molecule has 0 spiro atoms. The van der Waals surface area contributed by atoms with E-state index in [2.05, 4.69) is 15.3 Å². The zero-order chi connectivity index (χ0) is 27.0. The molecule has 1 aliphatic carbocycles. The Bertz CT molecular complexity index is 1560. The first-order valence-electron chi connectivity index (χ1n) is 12.6. The molecule has 2 fully saturated rings. The second-order valence-corrected chi connectivity index (χ2v) is 12.8. The van der Waals surface area contributed by atoms with Crippen molar-refractivity contribution in [1.82, 2.24) is 24.5 Å². The molecule has 1 amide bonds. The summed E-state index contributed by atoms with van der Waals surface area (Å²) in [5.74, 6) is -0.630. The number of piperazine rings is 1. The van der Waals surface area contributed by atoms with Gasteiger partial charge in [0.05, 0.1) is 12.2 Å². The Morgan fingerprint density at radius 2 is 2.00 bits per heavy atom. The summed E-state index contributed by atoms with van der Waals surface area (Å²) in [5.41, 5.74) is 6.32. The van der Waals surface area contributed by atoms with Crippen LogP contribution in [-0.4, -0.2) is 70.1 Å². The van der Waals surface area contributed by atoms with Crippen LogP contribution < -0.4 is 11.1 Å². The lowest BCUT2D eigenvalue weighted by molar-refractivity contribution is -0.136. The van der Waals surface area contributed by atoms with Gasteiger partial charge in [-0.15, -0.1) is 0 Å². The van der Waals surface area contributed by atoms with E-state index in [1.54, 1.807) is 25.1 Å². The van der Waals surface area contributed by atoms with Crippen molar-refractivity contribution in [2.45, 2.75) is 62.4 Å². The van der Waals surface area contributed by atoms with Crippen LogP contribution >= 0.6 is 11.6 Å². The number of rotatable bonds is 5. The Balaban J connectivity index is 1.36. The summed E-state index contributed by atoms with van der Waals surface area (Å²) in [5, 5.41) is 4.32. The number of carbonyl (C=O) groups excluding carboxylic acids is 2. The number of nitrogens with two attached hydrogens (primary N) is 1. The number of hydrogen-bond acceptors (Lipinski definition) is 8. The lowest BCUT2D eigenvalue weighted by Crippen LogP contribution is -2.75. The highest BCUT2D eigenvalue weighted by atomic mass is 35.5. The zero-order valence-electron chi connectivity index (χ0n) is 21.0. The number of ketones is 1. The number of carbonyl (C=O) groups is 2. The third kappa shape index (κ3) is 3.97. The summed E-state index contributed by atoms with van der Waals surface area (Å²) < 4.78 is 34.5. The lowest BCUT2D eigenvalue weighted by Gasteiger charge is -2.50. The van der Waals surface area contributed by atoms with Gasteiger partial charge >= 0.3 is 5.91 Å². The van der Waals surface area contributed by atoms with Crippen molar-refractivity contribution in [1.29, 1.82) is 0 Å². The number of aromatic nitrogens is 2. The van der Waals surface area contributed by atoms with Crippen LogP contribution in [0.2, 0.25) is 5.02 Å². The minimum absolute atomic E-state index is 0.0471. The number of hydrogen-bond donors (Lipinski definition) is 3. The topological polar surface area (TPSA) is 155 Å². The van der Waals surface area contributed by atoms with E-state index in [4.69, 9.17) is 21.8 Å². The SMILES string of the molecule is CC1Cc2nc(C(=O)N3CCN(S(=O)(=O)c4cc5cc(Cl)ccc5[nH]4)C(N)C3(C)C(=O)C3CC3)oc2CN1. The van der Waals surface area contributed by atoms with E-state index < -0.39 is 27.6 Å². The molecule has 1 aromatic carbocycles. The first-order chi connectivity index (χ1) is 18.0. The third-order valence-corrected chi connectivity index (χ3v) is 9.94. The number of sulfonamides is 1. The van der Waals surface area contributed by atoms with Gasteiger partial charge in [-0.25, -0.2) is 13.4 Å². The highest BCUT2D eigenvalue weighted by Crippen LogP contribution is 2.41. The van der Waals surface area contributed by atoms with Gasteiger partial charge in [0.25, 0.3) is 15.9 Å². The van der Waals surface area contributed by atoms with E-state index in [1.807, 2.05) is 6.92 Å². The number of fused-ring (bicyclic) bond motifs is 2. The predicted molar refractivity (Wildman–Crippen MR) is 139 cm³/mol. The Morgan fingerprint density at radius 3 is 2.74 bits per heavy atom. The highest BCUT2D eigenvalue weighted by Gasteiger charge is 2.58. The second kappa shape index (κ2) is 8.88. The van der Waals surface area contributed by atoms with Crippen LogP contribution in [0, 0.1) is 5.92 Å². The van der Waals surface area contributed by atoms with E-state index in [0.717, 1.165) is 4.31 Å². The van der Waals surface area contributed by atoms with Gasteiger partial charge in [0.2, 0.25) is 0 Å². The number of Topliss-reactive ketones (excluding diaryl/α,β-unsaturated/α-hetero) is 1. The molecule has 38 heavy (non-hydrogen) atoms. The van der Waals surface area contributed by atoms with Gasteiger partial charge in [0.15, 0.2) is 5.78 Å². The van der Waals surface area contributed by atoms with Gasteiger partial charge in [-0.3, -0.25) is 9.59 Å². The molecular weight excluding hydrogens is 532 g/mol. The minimum atomic E-state index is -4.15. The number of nitrogens with one attached hydrogen (secondary N) is 2. The number of amides is 1. The van der Waals surface area contributed by atoms with Gasteiger partial charge in [0, 0.05) is 47.4 Å². The van der Waals surface area contributed by atoms with Gasteiger partial charge in [-0.2, -0.15) is 4.31 Å². The Kier molecular flexibility index (Phi) is 5.96. The summed E-state index contributed by atoms with van der Waals surface area (Å²) >= 11 is 6.07. The average Bonchev–Trinajstić information content (AvgIpc) is 3.49. The Hall–Kier alpha value is -2.77. The molecule has 1 saturated heterocycles. The molecule has 6 rings (SSSR count). The largest absolute Gasteiger partial charge is 0.436 e. The fraction of sp³-hybridized carbons (Fsp3) is 0.480. The first-order valence-corrected chi connectivity index (χ1v) is 14.5. The molecule has 2 aliphatic heterocycles. The Morgan fingerprint density at radius 1 is 1.24 bits per heavy atom. The molecule has 2 aromatic heterocycles. The standard InChI is InChI=1S/C25H29ClN6O5S/c1-13-9-18-19(12-28-13)37-22(30-18)23(34)31-7-8-32(24(27)25(31,2)21(33)14-3-4-14)38(35,36)20-11-15-10-16(26)5-6-17(15)29-20/h5-6,10-11,13-14,24,28-29H,3-4,7-9,12,27H2,1-2H3. The van der Waals surface area contributed by atoms with Crippen LogP contribution in [0.4, 0.5) is 0 Å². The third-order valence-electron chi connectivity index (χ3n) is 7.90.